The zero-order valence-electron chi connectivity index (χ0n) is 6.68. The maximum absolute atomic E-state index is 3.81. The molecule has 0 aliphatic rings. The highest BCUT2D eigenvalue weighted by Gasteiger charge is 1.90. The molecule has 0 saturated heterocycles. The van der Waals surface area contributed by atoms with Gasteiger partial charge < -0.3 is 0 Å². The van der Waals surface area contributed by atoms with Gasteiger partial charge in [0.15, 0.2) is 0 Å². The minimum Gasteiger partial charge on any atom is -0.196 e. The SMILES string of the molecule is Cn1nnn(C)n(C)n1C. The van der Waals surface area contributed by atoms with Crippen LogP contribution in [0.2, 0.25) is 0 Å². The van der Waals surface area contributed by atoms with Crippen LogP contribution in [-0.2, 0) is 28.2 Å². The van der Waals surface area contributed by atoms with Gasteiger partial charge in [-0.1, -0.05) is 0 Å². The van der Waals surface area contributed by atoms with Crippen LogP contribution in [0.15, 0.2) is 0 Å². The van der Waals surface area contributed by atoms with Gasteiger partial charge in [0.1, 0.15) is 0 Å². The van der Waals surface area contributed by atoms with Crippen molar-refractivity contribution < 1.29 is 0 Å². The summed E-state index contributed by atoms with van der Waals surface area (Å²) in [5.41, 5.74) is 0. The molecule has 6 nitrogen and oxygen atoms in total. The summed E-state index contributed by atoms with van der Waals surface area (Å²) < 4.78 is 0. The third-order valence-corrected chi connectivity index (χ3v) is 1.56. The van der Waals surface area contributed by atoms with Gasteiger partial charge in [-0.25, -0.2) is 0 Å². The number of hydrogen-bond acceptors (Lipinski definition) is 2. The van der Waals surface area contributed by atoms with Crippen LogP contribution in [-0.4, -0.2) is 29.6 Å². The third kappa shape index (κ3) is 0.916. The molecule has 1 aromatic heterocycles. The van der Waals surface area contributed by atoms with E-state index in [0.717, 1.165) is 0 Å². The molecule has 1 rings (SSSR count). The Morgan fingerprint density at radius 1 is 0.700 bits per heavy atom. The number of hydrogen-bond donors (Lipinski definition) is 0. The Hall–Kier alpha value is -1.20. The van der Waals surface area contributed by atoms with E-state index in [1.807, 2.05) is 37.8 Å². The summed E-state index contributed by atoms with van der Waals surface area (Å²) in [6.07, 6.45) is 0. The molecule has 1 aromatic rings. The zero-order valence-corrected chi connectivity index (χ0v) is 6.68. The zero-order chi connectivity index (χ0) is 7.72. The molecular weight excluding hydrogens is 132 g/mol. The lowest BCUT2D eigenvalue weighted by atomic mass is 11.3. The Morgan fingerprint density at radius 2 is 1.00 bits per heavy atom. The van der Waals surface area contributed by atoms with Crippen molar-refractivity contribution in [1.29, 1.82) is 0 Å². The van der Waals surface area contributed by atoms with E-state index in [0.29, 0.717) is 0 Å². The predicted molar refractivity (Wildman–Crippen MR) is 35.5 cm³/mol. The van der Waals surface area contributed by atoms with Crippen molar-refractivity contribution in [3.05, 3.63) is 0 Å². The molecule has 0 unspecified atom stereocenters. The van der Waals surface area contributed by atoms with Crippen LogP contribution in [0.4, 0.5) is 0 Å². The van der Waals surface area contributed by atoms with Gasteiger partial charge in [-0.3, -0.25) is 0 Å². The first-order valence-corrected chi connectivity index (χ1v) is 2.99. The highest BCUT2D eigenvalue weighted by Crippen LogP contribution is 1.73. The van der Waals surface area contributed by atoms with Gasteiger partial charge in [0.05, 0.1) is 14.1 Å². The number of aryl methyl sites for hydroxylation is 2. The summed E-state index contributed by atoms with van der Waals surface area (Å²) in [4.78, 5) is 6.93. The van der Waals surface area contributed by atoms with Crippen LogP contribution in [0.5, 0.6) is 0 Å². The third-order valence-electron chi connectivity index (χ3n) is 1.56. The molecule has 0 atom stereocenters. The molecule has 6 heteroatoms. The molecule has 10 heavy (non-hydrogen) atoms. The predicted octanol–water partition coefficient (Wildman–Crippen LogP) is -1.04. The van der Waals surface area contributed by atoms with Gasteiger partial charge >= 0.3 is 0 Å². The highest BCUT2D eigenvalue weighted by molar-refractivity contribution is 4.26. The molecular formula is C4H12N6. The lowest BCUT2D eigenvalue weighted by Gasteiger charge is -2.14. The normalized spacial score (nSPS) is 10.0. The maximum atomic E-state index is 3.81. The van der Waals surface area contributed by atoms with Gasteiger partial charge in [-0.2, -0.15) is 19.2 Å². The van der Waals surface area contributed by atoms with Crippen molar-refractivity contribution in [2.75, 3.05) is 0 Å². The molecule has 0 amide bonds. The maximum Gasteiger partial charge on any atom is 0.0509 e. The van der Waals surface area contributed by atoms with Crippen LogP contribution < -0.4 is 0 Å². The van der Waals surface area contributed by atoms with Crippen molar-refractivity contribution in [2.24, 2.45) is 28.2 Å². The number of nitrogens with zero attached hydrogens (tertiary/aromatic N) is 6. The van der Waals surface area contributed by atoms with E-state index >= 15 is 0 Å². The van der Waals surface area contributed by atoms with E-state index in [1.54, 1.807) is 9.59 Å². The van der Waals surface area contributed by atoms with Crippen LogP contribution in [0.25, 0.3) is 0 Å². The van der Waals surface area contributed by atoms with Crippen LogP contribution in [0.3, 0.4) is 0 Å². The van der Waals surface area contributed by atoms with E-state index in [1.165, 1.54) is 0 Å². The average molecular weight is 144 g/mol. The quantitative estimate of drug-likeness (QED) is 0.466. The molecule has 0 aromatic carbocycles. The van der Waals surface area contributed by atoms with Crippen molar-refractivity contribution in [3.8, 4) is 0 Å². The summed E-state index contributed by atoms with van der Waals surface area (Å²) >= 11 is 0. The van der Waals surface area contributed by atoms with Crippen molar-refractivity contribution >= 4 is 0 Å². The van der Waals surface area contributed by atoms with Crippen LogP contribution >= 0.6 is 0 Å². The first kappa shape index (κ1) is 6.91. The summed E-state index contributed by atoms with van der Waals surface area (Å²) in [6.45, 7) is 0. The molecule has 58 valence electrons. The monoisotopic (exact) mass is 144 g/mol. The van der Waals surface area contributed by atoms with Crippen LogP contribution in [0, 0.1) is 0 Å². The second-order valence-electron chi connectivity index (χ2n) is 2.14. The smallest absolute Gasteiger partial charge is 0.0509 e. The van der Waals surface area contributed by atoms with Gasteiger partial charge in [-0.15, -0.1) is 0 Å². The first-order valence-electron chi connectivity index (χ1n) is 2.99. The van der Waals surface area contributed by atoms with Gasteiger partial charge in [-0.05, 0) is 10.4 Å². The molecule has 0 radical (unpaired) electrons. The topological polar surface area (TPSA) is 45.5 Å². The fourth-order valence-electron chi connectivity index (χ4n) is 0.606. The van der Waals surface area contributed by atoms with E-state index in [-0.39, 0.29) is 0 Å². The molecule has 0 spiro atoms. The first-order chi connectivity index (χ1) is 4.63. The molecule has 0 saturated carbocycles. The Labute approximate surface area is 58.9 Å². The summed E-state index contributed by atoms with van der Waals surface area (Å²) in [5.74, 6) is 0. The van der Waals surface area contributed by atoms with Gasteiger partial charge in [0.2, 0.25) is 0 Å². The summed E-state index contributed by atoms with van der Waals surface area (Å²) in [7, 11) is 7.45. The lowest BCUT2D eigenvalue weighted by Crippen LogP contribution is -2.30. The van der Waals surface area contributed by atoms with Crippen LogP contribution in [0.1, 0.15) is 0 Å². The summed E-state index contributed by atoms with van der Waals surface area (Å²) in [6, 6.07) is 0. The Balaban J connectivity index is 3.34. The fourth-order valence-corrected chi connectivity index (χ4v) is 0.606. The molecule has 1 heterocycles. The molecule has 0 fully saturated rings. The Morgan fingerprint density at radius 3 is 1.30 bits per heavy atom. The minimum absolute atomic E-state index is 1.64. The van der Waals surface area contributed by atoms with Crippen molar-refractivity contribution in [3.63, 3.8) is 0 Å². The van der Waals surface area contributed by atoms with Crippen molar-refractivity contribution in [2.45, 2.75) is 0 Å². The fraction of sp³-hybridized carbons (Fsp3) is 1.00. The van der Waals surface area contributed by atoms with Gasteiger partial charge in [0.25, 0.3) is 0 Å². The average Bonchev–Trinajstić information content (AvgIpc) is 1.93. The lowest BCUT2D eigenvalue weighted by molar-refractivity contribution is 0.226. The molecule has 0 aliphatic heterocycles. The van der Waals surface area contributed by atoms with Gasteiger partial charge in [0, 0.05) is 14.1 Å². The van der Waals surface area contributed by atoms with E-state index in [4.69, 9.17) is 0 Å². The van der Waals surface area contributed by atoms with Crippen molar-refractivity contribution in [1.82, 2.24) is 29.6 Å². The largest absolute Gasteiger partial charge is 0.196 e. The number of aromatic nitrogens is 6. The Kier molecular flexibility index (Phi) is 1.52. The Bertz CT molecular complexity index is 229. The van der Waals surface area contributed by atoms with E-state index in [9.17, 15) is 0 Å². The summed E-state index contributed by atoms with van der Waals surface area (Å²) in [5, 5.41) is 7.62. The second kappa shape index (κ2) is 2.20. The standard InChI is InChI=1S/C4H12N6/c1-7-5-6-8(2)10(4)9(7)3/h1-4H3. The number of rotatable bonds is 0. The highest BCUT2D eigenvalue weighted by atomic mass is 15.8. The molecule has 0 aliphatic carbocycles. The molecule has 0 bridgehead atoms. The minimum atomic E-state index is 1.64. The van der Waals surface area contributed by atoms with E-state index in [2.05, 4.69) is 10.4 Å². The second-order valence-corrected chi connectivity index (χ2v) is 2.14. The van der Waals surface area contributed by atoms with E-state index < -0.39 is 0 Å². The molecule has 0 N–H and O–H groups in total.